The summed E-state index contributed by atoms with van der Waals surface area (Å²) in [7, 11) is 0. The minimum absolute atomic E-state index is 0.269. The van der Waals surface area contributed by atoms with E-state index in [2.05, 4.69) is 96.4 Å². The number of hydrogen-bond acceptors (Lipinski definition) is 4. The van der Waals surface area contributed by atoms with Crippen molar-refractivity contribution in [3.05, 3.63) is 101 Å². The van der Waals surface area contributed by atoms with Gasteiger partial charge in [-0.3, -0.25) is 9.80 Å². The molecule has 1 aliphatic heterocycles. The number of aliphatic hydroxyl groups excluding tert-OH is 1. The quantitative estimate of drug-likeness (QED) is 0.512. The minimum atomic E-state index is -0.373. The molecule has 0 aliphatic carbocycles. The third kappa shape index (κ3) is 6.44. The standard InChI is InChI=1S/C29H36N2O2/c1-23-13-14-28(21-24(23)2)33-20-15-27(32)22-30-16-18-31(19-17-30)29(25-9-5-3-6-10-25)26-11-7-4-8-12-26/h3-14,21,27,29,32H,15-20,22H2,1-2H3. The summed E-state index contributed by atoms with van der Waals surface area (Å²) < 4.78 is 5.86. The number of ether oxygens (including phenoxy) is 1. The molecule has 0 radical (unpaired) electrons. The highest BCUT2D eigenvalue weighted by Gasteiger charge is 2.27. The van der Waals surface area contributed by atoms with Crippen molar-refractivity contribution in [2.24, 2.45) is 0 Å². The fourth-order valence-corrected chi connectivity index (χ4v) is 4.59. The predicted octanol–water partition coefficient (Wildman–Crippen LogP) is 4.84. The largest absolute Gasteiger partial charge is 0.493 e. The number of piperazine rings is 1. The Morgan fingerprint density at radius 1 is 0.788 bits per heavy atom. The molecule has 0 bridgehead atoms. The van der Waals surface area contributed by atoms with Crippen LogP contribution < -0.4 is 4.74 Å². The molecule has 4 heteroatoms. The van der Waals surface area contributed by atoms with E-state index in [1.165, 1.54) is 22.3 Å². The van der Waals surface area contributed by atoms with E-state index >= 15 is 0 Å². The van der Waals surface area contributed by atoms with Gasteiger partial charge >= 0.3 is 0 Å². The monoisotopic (exact) mass is 444 g/mol. The molecular formula is C29H36N2O2. The molecule has 33 heavy (non-hydrogen) atoms. The molecule has 3 aromatic rings. The van der Waals surface area contributed by atoms with Crippen molar-refractivity contribution in [2.45, 2.75) is 32.4 Å². The lowest BCUT2D eigenvalue weighted by Gasteiger charge is -2.40. The summed E-state index contributed by atoms with van der Waals surface area (Å²) in [6, 6.07) is 28.0. The Hall–Kier alpha value is -2.66. The summed E-state index contributed by atoms with van der Waals surface area (Å²) in [6.07, 6.45) is 0.270. The summed E-state index contributed by atoms with van der Waals surface area (Å²) in [5, 5.41) is 10.6. The maximum atomic E-state index is 10.6. The van der Waals surface area contributed by atoms with Crippen molar-refractivity contribution in [3.63, 3.8) is 0 Å². The molecule has 4 nitrogen and oxygen atoms in total. The van der Waals surface area contributed by atoms with E-state index in [0.29, 0.717) is 19.6 Å². The third-order valence-corrected chi connectivity index (χ3v) is 6.67. The normalized spacial score (nSPS) is 16.1. The number of aliphatic hydroxyl groups is 1. The van der Waals surface area contributed by atoms with Gasteiger partial charge in [0.1, 0.15) is 5.75 Å². The Morgan fingerprint density at radius 2 is 1.39 bits per heavy atom. The molecule has 1 atom stereocenters. The molecule has 0 saturated carbocycles. The fourth-order valence-electron chi connectivity index (χ4n) is 4.59. The average Bonchev–Trinajstić information content (AvgIpc) is 2.84. The van der Waals surface area contributed by atoms with Crippen molar-refractivity contribution < 1.29 is 9.84 Å². The van der Waals surface area contributed by atoms with Crippen molar-refractivity contribution in [2.75, 3.05) is 39.3 Å². The van der Waals surface area contributed by atoms with E-state index in [0.717, 1.165) is 31.9 Å². The second-order valence-corrected chi connectivity index (χ2v) is 9.10. The number of nitrogens with zero attached hydrogens (tertiary/aromatic N) is 2. The van der Waals surface area contributed by atoms with Gasteiger partial charge in [0.05, 0.1) is 18.8 Å². The molecule has 0 amide bonds. The van der Waals surface area contributed by atoms with Crippen LogP contribution in [0.2, 0.25) is 0 Å². The summed E-state index contributed by atoms with van der Waals surface area (Å²) in [4.78, 5) is 4.95. The minimum Gasteiger partial charge on any atom is -0.493 e. The van der Waals surface area contributed by atoms with Gasteiger partial charge in [0.2, 0.25) is 0 Å². The molecule has 1 fully saturated rings. The van der Waals surface area contributed by atoms with E-state index < -0.39 is 0 Å². The first kappa shape index (κ1) is 23.5. The smallest absolute Gasteiger partial charge is 0.119 e. The van der Waals surface area contributed by atoms with Crippen molar-refractivity contribution in [1.29, 1.82) is 0 Å². The van der Waals surface area contributed by atoms with Crippen LogP contribution in [0, 0.1) is 13.8 Å². The molecule has 0 spiro atoms. The van der Waals surface area contributed by atoms with Crippen LogP contribution in [0.4, 0.5) is 0 Å². The van der Waals surface area contributed by atoms with Gasteiger partial charge in [-0.2, -0.15) is 0 Å². The van der Waals surface area contributed by atoms with Gasteiger partial charge in [-0.15, -0.1) is 0 Å². The zero-order chi connectivity index (χ0) is 23.0. The fraction of sp³-hybridized carbons (Fsp3) is 0.379. The van der Waals surface area contributed by atoms with Crippen molar-refractivity contribution in [3.8, 4) is 5.75 Å². The van der Waals surface area contributed by atoms with Gasteiger partial charge in [0, 0.05) is 39.1 Å². The third-order valence-electron chi connectivity index (χ3n) is 6.67. The Kier molecular flexibility index (Phi) is 8.16. The molecule has 1 saturated heterocycles. The van der Waals surface area contributed by atoms with Crippen LogP contribution in [0.1, 0.15) is 34.7 Å². The van der Waals surface area contributed by atoms with Crippen LogP contribution >= 0.6 is 0 Å². The highest BCUT2D eigenvalue weighted by molar-refractivity contribution is 5.34. The molecule has 3 aromatic carbocycles. The number of rotatable bonds is 9. The zero-order valence-electron chi connectivity index (χ0n) is 19.9. The number of β-amino-alcohol motifs (C(OH)–C–C–N with tert-alkyl or cyclic N) is 1. The first-order chi connectivity index (χ1) is 16.1. The van der Waals surface area contributed by atoms with Gasteiger partial charge in [0.15, 0.2) is 0 Å². The van der Waals surface area contributed by atoms with Crippen LogP contribution in [-0.2, 0) is 0 Å². The topological polar surface area (TPSA) is 35.9 Å². The van der Waals surface area contributed by atoms with E-state index in [9.17, 15) is 5.11 Å². The summed E-state index contributed by atoms with van der Waals surface area (Å²) >= 11 is 0. The lowest BCUT2D eigenvalue weighted by Crippen LogP contribution is -2.49. The number of hydrogen-bond donors (Lipinski definition) is 1. The Labute approximate surface area is 198 Å². The van der Waals surface area contributed by atoms with Crippen LogP contribution in [0.5, 0.6) is 5.75 Å². The highest BCUT2D eigenvalue weighted by atomic mass is 16.5. The molecule has 174 valence electrons. The van der Waals surface area contributed by atoms with Crippen molar-refractivity contribution in [1.82, 2.24) is 9.80 Å². The van der Waals surface area contributed by atoms with Crippen LogP contribution in [0.15, 0.2) is 78.9 Å². The van der Waals surface area contributed by atoms with Gasteiger partial charge in [-0.05, 0) is 48.2 Å². The molecule has 1 heterocycles. The van der Waals surface area contributed by atoms with Crippen LogP contribution in [0.25, 0.3) is 0 Å². The summed E-state index contributed by atoms with van der Waals surface area (Å²) in [5.41, 5.74) is 5.17. The highest BCUT2D eigenvalue weighted by Crippen LogP contribution is 2.29. The maximum Gasteiger partial charge on any atom is 0.119 e. The predicted molar refractivity (Wildman–Crippen MR) is 135 cm³/mol. The molecule has 1 unspecified atom stereocenters. The first-order valence-corrected chi connectivity index (χ1v) is 12.0. The van der Waals surface area contributed by atoms with Gasteiger partial charge in [-0.1, -0.05) is 66.7 Å². The lowest BCUT2D eigenvalue weighted by atomic mass is 9.96. The molecule has 1 N–H and O–H groups in total. The van der Waals surface area contributed by atoms with Crippen LogP contribution in [0.3, 0.4) is 0 Å². The van der Waals surface area contributed by atoms with Gasteiger partial charge in [0.25, 0.3) is 0 Å². The SMILES string of the molecule is Cc1ccc(OCCC(O)CN2CCN(C(c3ccccc3)c3ccccc3)CC2)cc1C. The molecule has 4 rings (SSSR count). The van der Waals surface area contributed by atoms with Gasteiger partial charge < -0.3 is 9.84 Å². The van der Waals surface area contributed by atoms with E-state index in [1.807, 2.05) is 6.07 Å². The summed E-state index contributed by atoms with van der Waals surface area (Å²) in [6.45, 7) is 9.33. The lowest BCUT2D eigenvalue weighted by molar-refractivity contribution is 0.0531. The number of aryl methyl sites for hydroxylation is 2. The molecule has 1 aliphatic rings. The molecular weight excluding hydrogens is 408 g/mol. The van der Waals surface area contributed by atoms with E-state index in [4.69, 9.17) is 4.74 Å². The Morgan fingerprint density at radius 3 is 1.97 bits per heavy atom. The first-order valence-electron chi connectivity index (χ1n) is 12.0. The molecule has 0 aromatic heterocycles. The van der Waals surface area contributed by atoms with E-state index in [-0.39, 0.29) is 12.1 Å². The second kappa shape index (κ2) is 11.5. The maximum absolute atomic E-state index is 10.6. The Balaban J connectivity index is 1.27. The van der Waals surface area contributed by atoms with Crippen LogP contribution in [-0.4, -0.2) is 60.3 Å². The zero-order valence-corrected chi connectivity index (χ0v) is 19.9. The second-order valence-electron chi connectivity index (χ2n) is 9.10. The van der Waals surface area contributed by atoms with Crippen molar-refractivity contribution >= 4 is 0 Å². The average molecular weight is 445 g/mol. The van der Waals surface area contributed by atoms with E-state index in [1.54, 1.807) is 0 Å². The summed E-state index contributed by atoms with van der Waals surface area (Å²) in [5.74, 6) is 0.881. The Bertz CT molecular complexity index is 946. The van der Waals surface area contributed by atoms with Gasteiger partial charge in [-0.25, -0.2) is 0 Å². The number of benzene rings is 3.